The number of likely N-dealkylation sites (tertiary alicyclic amines) is 1. The highest BCUT2D eigenvalue weighted by Crippen LogP contribution is 2.21. The van der Waals surface area contributed by atoms with Crippen LogP contribution in [0.2, 0.25) is 0 Å². The molecule has 0 aliphatic carbocycles. The molecule has 5 nitrogen and oxygen atoms in total. The zero-order valence-corrected chi connectivity index (χ0v) is 9.68. The van der Waals surface area contributed by atoms with Crippen molar-refractivity contribution >= 4 is 5.91 Å². The van der Waals surface area contributed by atoms with Crippen LogP contribution in [0.25, 0.3) is 0 Å². The first-order valence-corrected chi connectivity index (χ1v) is 5.49. The molecule has 2 heterocycles. The average Bonchev–Trinajstić information content (AvgIpc) is 2.62. The van der Waals surface area contributed by atoms with E-state index in [1.165, 1.54) is 0 Å². The molecule has 16 heavy (non-hydrogen) atoms. The molecule has 88 valence electrons. The number of amides is 1. The Kier molecular flexibility index (Phi) is 2.71. The van der Waals surface area contributed by atoms with Crippen LogP contribution in [0.15, 0.2) is 12.3 Å². The van der Waals surface area contributed by atoms with Crippen LogP contribution in [-0.2, 0) is 7.05 Å². The molecule has 1 aliphatic heterocycles. The van der Waals surface area contributed by atoms with Gasteiger partial charge in [-0.2, -0.15) is 5.10 Å². The minimum atomic E-state index is -0.757. The molecule has 0 aromatic carbocycles. The number of aromatic nitrogens is 2. The van der Waals surface area contributed by atoms with Crippen molar-refractivity contribution in [2.24, 2.45) is 7.05 Å². The monoisotopic (exact) mass is 223 g/mol. The van der Waals surface area contributed by atoms with E-state index in [-0.39, 0.29) is 5.91 Å². The van der Waals surface area contributed by atoms with Crippen LogP contribution in [-0.4, -0.2) is 44.4 Å². The highest BCUT2D eigenvalue weighted by Gasteiger charge is 2.31. The average molecular weight is 223 g/mol. The third-order valence-corrected chi connectivity index (χ3v) is 3.00. The second-order valence-electron chi connectivity index (χ2n) is 4.67. The fraction of sp³-hybridized carbons (Fsp3) is 0.636. The molecule has 0 radical (unpaired) electrons. The van der Waals surface area contributed by atoms with Gasteiger partial charge >= 0.3 is 0 Å². The van der Waals surface area contributed by atoms with Gasteiger partial charge in [0.15, 0.2) is 0 Å². The summed E-state index contributed by atoms with van der Waals surface area (Å²) in [5, 5.41) is 13.9. The van der Waals surface area contributed by atoms with Crippen LogP contribution in [0.1, 0.15) is 30.3 Å². The number of carbonyl (C=O) groups excluding carboxylic acids is 1. The molecule has 0 bridgehead atoms. The predicted molar refractivity (Wildman–Crippen MR) is 59.0 cm³/mol. The topological polar surface area (TPSA) is 58.4 Å². The lowest BCUT2D eigenvalue weighted by molar-refractivity contribution is -0.0111. The van der Waals surface area contributed by atoms with Crippen molar-refractivity contribution in [2.75, 3.05) is 13.1 Å². The second-order valence-corrected chi connectivity index (χ2v) is 4.67. The Bertz CT molecular complexity index is 398. The maximum atomic E-state index is 12.1. The van der Waals surface area contributed by atoms with Gasteiger partial charge in [-0.05, 0) is 25.8 Å². The maximum absolute atomic E-state index is 12.1. The lowest BCUT2D eigenvalue weighted by atomic mass is 9.95. The molecule has 1 unspecified atom stereocenters. The molecular formula is C11H17N3O2. The van der Waals surface area contributed by atoms with E-state index < -0.39 is 5.60 Å². The van der Waals surface area contributed by atoms with Gasteiger partial charge in [0.1, 0.15) is 5.69 Å². The van der Waals surface area contributed by atoms with Crippen molar-refractivity contribution in [1.29, 1.82) is 0 Å². The first-order valence-electron chi connectivity index (χ1n) is 5.49. The van der Waals surface area contributed by atoms with E-state index in [1.54, 1.807) is 35.8 Å². The van der Waals surface area contributed by atoms with Gasteiger partial charge in [0, 0.05) is 26.3 Å². The van der Waals surface area contributed by atoms with Crippen molar-refractivity contribution in [3.63, 3.8) is 0 Å². The molecule has 0 saturated carbocycles. The van der Waals surface area contributed by atoms with Gasteiger partial charge in [-0.25, -0.2) is 0 Å². The fourth-order valence-corrected chi connectivity index (χ4v) is 2.14. The summed E-state index contributed by atoms with van der Waals surface area (Å²) >= 11 is 0. The molecule has 1 aromatic rings. The molecule has 2 rings (SSSR count). The number of aliphatic hydroxyl groups is 1. The minimum absolute atomic E-state index is 0.0556. The normalized spacial score (nSPS) is 25.8. The minimum Gasteiger partial charge on any atom is -0.388 e. The molecule has 1 N–H and O–H groups in total. The highest BCUT2D eigenvalue weighted by atomic mass is 16.3. The number of rotatable bonds is 1. The van der Waals surface area contributed by atoms with E-state index in [0.29, 0.717) is 18.8 Å². The second kappa shape index (κ2) is 3.90. The van der Waals surface area contributed by atoms with Crippen LogP contribution in [0, 0.1) is 0 Å². The zero-order chi connectivity index (χ0) is 11.8. The van der Waals surface area contributed by atoms with Gasteiger partial charge in [-0.15, -0.1) is 0 Å². The molecule has 1 aromatic heterocycles. The summed E-state index contributed by atoms with van der Waals surface area (Å²) < 4.78 is 1.56. The number of β-amino-alcohol motifs (C(OH)–C–C–N with tert-alkyl or cyclic N) is 1. The standard InChI is InChI=1S/C11H17N3O2/c1-11(16)5-3-7-14(8-11)10(15)9-4-6-12-13(9)2/h4,6,16H,3,5,7-8H2,1-2H3. The summed E-state index contributed by atoms with van der Waals surface area (Å²) in [5.74, 6) is -0.0556. The van der Waals surface area contributed by atoms with E-state index in [4.69, 9.17) is 0 Å². The molecule has 1 aliphatic rings. The molecule has 1 amide bonds. The summed E-state index contributed by atoms with van der Waals surface area (Å²) in [5.41, 5.74) is -0.190. The Balaban J connectivity index is 2.14. The molecule has 1 saturated heterocycles. The Labute approximate surface area is 94.7 Å². The van der Waals surface area contributed by atoms with E-state index in [1.807, 2.05) is 0 Å². The van der Waals surface area contributed by atoms with Gasteiger partial charge in [0.05, 0.1) is 5.60 Å². The van der Waals surface area contributed by atoms with Gasteiger partial charge in [0.2, 0.25) is 0 Å². The Morgan fingerprint density at radius 3 is 2.94 bits per heavy atom. The number of hydrogen-bond donors (Lipinski definition) is 1. The highest BCUT2D eigenvalue weighted by molar-refractivity contribution is 5.92. The predicted octanol–water partition coefficient (Wildman–Crippen LogP) is 0.407. The number of hydrogen-bond acceptors (Lipinski definition) is 3. The van der Waals surface area contributed by atoms with E-state index in [9.17, 15) is 9.90 Å². The number of carbonyl (C=O) groups is 1. The van der Waals surface area contributed by atoms with Crippen LogP contribution in [0.5, 0.6) is 0 Å². The summed E-state index contributed by atoms with van der Waals surface area (Å²) in [4.78, 5) is 13.8. The summed E-state index contributed by atoms with van der Waals surface area (Å²) in [7, 11) is 1.75. The first-order chi connectivity index (χ1) is 7.49. The Hall–Kier alpha value is -1.36. The first kappa shape index (κ1) is 11.1. The maximum Gasteiger partial charge on any atom is 0.272 e. The molecule has 5 heteroatoms. The van der Waals surface area contributed by atoms with E-state index >= 15 is 0 Å². The quantitative estimate of drug-likeness (QED) is 0.750. The Morgan fingerprint density at radius 2 is 2.38 bits per heavy atom. The van der Waals surface area contributed by atoms with Gasteiger partial charge in [-0.3, -0.25) is 9.48 Å². The smallest absolute Gasteiger partial charge is 0.272 e. The third kappa shape index (κ3) is 2.09. The van der Waals surface area contributed by atoms with E-state index in [2.05, 4.69) is 5.10 Å². The summed E-state index contributed by atoms with van der Waals surface area (Å²) in [6.07, 6.45) is 3.20. The fourth-order valence-electron chi connectivity index (χ4n) is 2.14. The lowest BCUT2D eigenvalue weighted by Crippen LogP contribution is -2.48. The zero-order valence-electron chi connectivity index (χ0n) is 9.68. The van der Waals surface area contributed by atoms with Crippen molar-refractivity contribution in [3.8, 4) is 0 Å². The van der Waals surface area contributed by atoms with Gasteiger partial charge < -0.3 is 10.0 Å². The van der Waals surface area contributed by atoms with Gasteiger partial charge in [0.25, 0.3) is 5.91 Å². The number of aryl methyl sites for hydroxylation is 1. The molecule has 1 fully saturated rings. The van der Waals surface area contributed by atoms with Crippen LogP contribution >= 0.6 is 0 Å². The van der Waals surface area contributed by atoms with Crippen LogP contribution < -0.4 is 0 Å². The van der Waals surface area contributed by atoms with Crippen molar-refractivity contribution in [3.05, 3.63) is 18.0 Å². The largest absolute Gasteiger partial charge is 0.388 e. The molecular weight excluding hydrogens is 206 g/mol. The van der Waals surface area contributed by atoms with Gasteiger partial charge in [-0.1, -0.05) is 0 Å². The van der Waals surface area contributed by atoms with Crippen molar-refractivity contribution < 1.29 is 9.90 Å². The number of piperidine rings is 1. The summed E-state index contributed by atoms with van der Waals surface area (Å²) in [6, 6.07) is 1.70. The van der Waals surface area contributed by atoms with Crippen molar-refractivity contribution in [1.82, 2.24) is 14.7 Å². The van der Waals surface area contributed by atoms with Crippen LogP contribution in [0.3, 0.4) is 0 Å². The number of nitrogens with zero attached hydrogens (tertiary/aromatic N) is 3. The molecule has 0 spiro atoms. The molecule has 1 atom stereocenters. The lowest BCUT2D eigenvalue weighted by Gasteiger charge is -2.36. The SMILES string of the molecule is Cn1nccc1C(=O)N1CCCC(C)(O)C1. The van der Waals surface area contributed by atoms with Crippen molar-refractivity contribution in [2.45, 2.75) is 25.4 Å². The van der Waals surface area contributed by atoms with E-state index in [0.717, 1.165) is 12.8 Å². The summed E-state index contributed by atoms with van der Waals surface area (Å²) in [6.45, 7) is 2.88. The Morgan fingerprint density at radius 1 is 1.62 bits per heavy atom. The van der Waals surface area contributed by atoms with Crippen LogP contribution in [0.4, 0.5) is 0 Å². The third-order valence-electron chi connectivity index (χ3n) is 3.00.